The SMILES string of the molecule is COC(=O)c1ccc(C(=O)OC)c(S(=O)(=O)Nc2cccc(C=Cc3ccccn3)c2)c1. The van der Waals surface area contributed by atoms with Crippen molar-refractivity contribution in [3.05, 3.63) is 89.2 Å². The monoisotopic (exact) mass is 452 g/mol. The Morgan fingerprint density at radius 2 is 1.69 bits per heavy atom. The van der Waals surface area contributed by atoms with E-state index in [1.807, 2.05) is 18.2 Å². The molecule has 0 radical (unpaired) electrons. The zero-order valence-electron chi connectivity index (χ0n) is 17.3. The molecule has 0 amide bonds. The standard InChI is InChI=1S/C23H20N2O6S/c1-30-22(26)17-10-12-20(23(27)31-2)21(15-17)32(28,29)25-19-8-5-6-16(14-19)9-11-18-7-3-4-13-24-18/h3-15,25H,1-2H3. The van der Waals surface area contributed by atoms with Crippen LogP contribution in [0.4, 0.5) is 5.69 Å². The lowest BCUT2D eigenvalue weighted by atomic mass is 10.1. The first-order chi connectivity index (χ1) is 15.3. The van der Waals surface area contributed by atoms with E-state index in [-0.39, 0.29) is 16.8 Å². The van der Waals surface area contributed by atoms with E-state index in [1.165, 1.54) is 19.2 Å². The molecule has 164 valence electrons. The predicted molar refractivity (Wildman–Crippen MR) is 120 cm³/mol. The second kappa shape index (κ2) is 9.88. The van der Waals surface area contributed by atoms with Gasteiger partial charge in [-0.05, 0) is 54.1 Å². The van der Waals surface area contributed by atoms with Crippen LogP contribution in [0.15, 0.2) is 71.8 Å². The van der Waals surface area contributed by atoms with Gasteiger partial charge in [0, 0.05) is 11.9 Å². The normalized spacial score (nSPS) is 11.2. The van der Waals surface area contributed by atoms with Crippen LogP contribution in [0.25, 0.3) is 12.2 Å². The van der Waals surface area contributed by atoms with Crippen molar-refractivity contribution in [2.75, 3.05) is 18.9 Å². The second-order valence-electron chi connectivity index (χ2n) is 6.51. The predicted octanol–water partition coefficient (Wildman–Crippen LogP) is 3.63. The number of carbonyl (C=O) groups is 2. The number of anilines is 1. The number of ether oxygens (including phenoxy) is 2. The molecule has 0 aliphatic carbocycles. The molecule has 1 aromatic heterocycles. The van der Waals surface area contributed by atoms with Gasteiger partial charge < -0.3 is 9.47 Å². The van der Waals surface area contributed by atoms with E-state index in [0.29, 0.717) is 0 Å². The minimum Gasteiger partial charge on any atom is -0.465 e. The molecule has 0 spiro atoms. The number of hydrogen-bond donors (Lipinski definition) is 1. The van der Waals surface area contributed by atoms with Crippen LogP contribution in [0.5, 0.6) is 0 Å². The first kappa shape index (κ1) is 22.7. The van der Waals surface area contributed by atoms with Crippen LogP contribution in [0.3, 0.4) is 0 Å². The van der Waals surface area contributed by atoms with E-state index in [1.54, 1.807) is 42.6 Å². The van der Waals surface area contributed by atoms with Gasteiger partial charge in [0.15, 0.2) is 0 Å². The summed E-state index contributed by atoms with van der Waals surface area (Å²) in [6.07, 6.45) is 5.26. The number of nitrogens with one attached hydrogen (secondary N) is 1. The third-order valence-electron chi connectivity index (χ3n) is 4.37. The molecule has 8 nitrogen and oxygen atoms in total. The molecule has 1 N–H and O–H groups in total. The van der Waals surface area contributed by atoms with E-state index < -0.39 is 26.9 Å². The summed E-state index contributed by atoms with van der Waals surface area (Å²) in [4.78, 5) is 27.8. The van der Waals surface area contributed by atoms with Crippen LogP contribution in [0, 0.1) is 0 Å². The molecule has 1 heterocycles. The number of pyridine rings is 1. The van der Waals surface area contributed by atoms with E-state index in [0.717, 1.165) is 24.4 Å². The summed E-state index contributed by atoms with van der Waals surface area (Å²) in [5.41, 5.74) is 1.52. The van der Waals surface area contributed by atoms with Crippen molar-refractivity contribution < 1.29 is 27.5 Å². The van der Waals surface area contributed by atoms with Crippen molar-refractivity contribution >= 4 is 39.8 Å². The second-order valence-corrected chi connectivity index (χ2v) is 8.16. The number of esters is 2. The first-order valence-corrected chi connectivity index (χ1v) is 10.8. The van der Waals surface area contributed by atoms with Crippen LogP contribution < -0.4 is 4.72 Å². The Hall–Kier alpha value is -3.98. The molecule has 0 saturated carbocycles. The van der Waals surface area contributed by atoms with Crippen LogP contribution in [-0.2, 0) is 19.5 Å². The van der Waals surface area contributed by atoms with E-state index in [9.17, 15) is 18.0 Å². The molecular formula is C23H20N2O6S. The van der Waals surface area contributed by atoms with Crippen molar-refractivity contribution in [2.45, 2.75) is 4.90 Å². The Morgan fingerprint density at radius 3 is 2.38 bits per heavy atom. The van der Waals surface area contributed by atoms with Crippen molar-refractivity contribution in [2.24, 2.45) is 0 Å². The van der Waals surface area contributed by atoms with Crippen LogP contribution in [0.2, 0.25) is 0 Å². The van der Waals surface area contributed by atoms with Gasteiger partial charge in [0.2, 0.25) is 0 Å². The van der Waals surface area contributed by atoms with Gasteiger partial charge in [-0.25, -0.2) is 18.0 Å². The average molecular weight is 452 g/mol. The molecule has 0 aliphatic rings. The number of carbonyl (C=O) groups excluding carboxylic acids is 2. The number of methoxy groups -OCH3 is 2. The maximum absolute atomic E-state index is 13.1. The third kappa shape index (κ3) is 5.38. The number of hydrogen-bond acceptors (Lipinski definition) is 7. The van der Waals surface area contributed by atoms with Crippen molar-refractivity contribution in [3.8, 4) is 0 Å². The van der Waals surface area contributed by atoms with Gasteiger partial charge in [0.25, 0.3) is 10.0 Å². The average Bonchev–Trinajstić information content (AvgIpc) is 2.82. The smallest absolute Gasteiger partial charge is 0.339 e. The number of rotatable bonds is 7. The largest absolute Gasteiger partial charge is 0.465 e. The number of benzene rings is 2. The summed E-state index contributed by atoms with van der Waals surface area (Å²) in [5, 5.41) is 0. The molecule has 9 heteroatoms. The molecular weight excluding hydrogens is 432 g/mol. The van der Waals surface area contributed by atoms with Gasteiger partial charge in [0.1, 0.15) is 4.90 Å². The summed E-state index contributed by atoms with van der Waals surface area (Å²) >= 11 is 0. The Balaban J connectivity index is 1.94. The quantitative estimate of drug-likeness (QED) is 0.545. The first-order valence-electron chi connectivity index (χ1n) is 9.37. The molecule has 0 fully saturated rings. The van der Waals surface area contributed by atoms with Gasteiger partial charge >= 0.3 is 11.9 Å². The summed E-state index contributed by atoms with van der Waals surface area (Å²) in [6, 6.07) is 15.8. The van der Waals surface area contributed by atoms with Gasteiger partial charge in [-0.1, -0.05) is 24.3 Å². The van der Waals surface area contributed by atoms with Gasteiger partial charge in [-0.15, -0.1) is 0 Å². The molecule has 2 aromatic carbocycles. The highest BCUT2D eigenvalue weighted by Crippen LogP contribution is 2.23. The molecule has 0 atom stereocenters. The lowest BCUT2D eigenvalue weighted by molar-refractivity contribution is 0.0583. The fourth-order valence-electron chi connectivity index (χ4n) is 2.84. The minimum atomic E-state index is -4.24. The van der Waals surface area contributed by atoms with E-state index in [4.69, 9.17) is 0 Å². The maximum atomic E-state index is 13.1. The zero-order valence-corrected chi connectivity index (χ0v) is 18.1. The van der Waals surface area contributed by atoms with Crippen LogP contribution in [-0.4, -0.2) is 39.6 Å². The molecule has 32 heavy (non-hydrogen) atoms. The Morgan fingerprint density at radius 1 is 0.906 bits per heavy atom. The summed E-state index contributed by atoms with van der Waals surface area (Å²) in [7, 11) is -1.93. The summed E-state index contributed by atoms with van der Waals surface area (Å²) < 4.78 is 38.0. The molecule has 0 unspecified atom stereocenters. The van der Waals surface area contributed by atoms with Crippen molar-refractivity contribution in [1.29, 1.82) is 0 Å². The number of sulfonamides is 1. The number of nitrogens with zero attached hydrogens (tertiary/aromatic N) is 1. The van der Waals surface area contributed by atoms with Crippen molar-refractivity contribution in [1.82, 2.24) is 4.98 Å². The molecule has 3 aromatic rings. The van der Waals surface area contributed by atoms with E-state index >= 15 is 0 Å². The highest BCUT2D eigenvalue weighted by molar-refractivity contribution is 7.92. The van der Waals surface area contributed by atoms with Gasteiger partial charge in [-0.3, -0.25) is 9.71 Å². The lowest BCUT2D eigenvalue weighted by Crippen LogP contribution is -2.18. The fraction of sp³-hybridized carbons (Fsp3) is 0.0870. The Labute approximate surface area is 185 Å². The van der Waals surface area contributed by atoms with Crippen molar-refractivity contribution in [3.63, 3.8) is 0 Å². The molecule has 3 rings (SSSR count). The zero-order chi connectivity index (χ0) is 23.1. The van der Waals surface area contributed by atoms with Crippen LogP contribution >= 0.6 is 0 Å². The van der Waals surface area contributed by atoms with E-state index in [2.05, 4.69) is 19.2 Å². The topological polar surface area (TPSA) is 112 Å². The molecule has 0 bridgehead atoms. The molecule has 0 aliphatic heterocycles. The molecule has 0 saturated heterocycles. The maximum Gasteiger partial charge on any atom is 0.339 e. The van der Waals surface area contributed by atoms with Crippen LogP contribution in [0.1, 0.15) is 32.0 Å². The lowest BCUT2D eigenvalue weighted by Gasteiger charge is -2.13. The summed E-state index contributed by atoms with van der Waals surface area (Å²) in [5.74, 6) is -1.59. The Bertz CT molecular complexity index is 1270. The highest BCUT2D eigenvalue weighted by atomic mass is 32.2. The van der Waals surface area contributed by atoms with Gasteiger partial charge in [-0.2, -0.15) is 0 Å². The highest BCUT2D eigenvalue weighted by Gasteiger charge is 2.25. The fourth-order valence-corrected chi connectivity index (χ4v) is 4.11. The number of aromatic nitrogens is 1. The Kier molecular flexibility index (Phi) is 7.01. The van der Waals surface area contributed by atoms with Gasteiger partial charge in [0.05, 0.1) is 31.0 Å². The minimum absolute atomic E-state index is 0.0208. The summed E-state index contributed by atoms with van der Waals surface area (Å²) in [6.45, 7) is 0. The third-order valence-corrected chi connectivity index (χ3v) is 5.79.